The van der Waals surface area contributed by atoms with Crippen LogP contribution in [0.15, 0.2) is 12.2 Å². The molecule has 0 radical (unpaired) electrons. The lowest BCUT2D eigenvalue weighted by Crippen LogP contribution is -2.41. The lowest BCUT2D eigenvalue weighted by molar-refractivity contribution is -0.142. The van der Waals surface area contributed by atoms with E-state index < -0.39 is 12.0 Å². The van der Waals surface area contributed by atoms with Gasteiger partial charge >= 0.3 is 5.97 Å². The normalized spacial score (nSPS) is 26.4. The van der Waals surface area contributed by atoms with Gasteiger partial charge in [0.05, 0.1) is 0 Å². The lowest BCUT2D eigenvalue weighted by Gasteiger charge is -2.14. The first-order chi connectivity index (χ1) is 8.59. The standard InChI is InChI=1S/C14H21NO3/c1-2-3-6-11(13(17)18)15-12(16)10-9-14(10)7-4-5-8-14/h2-3,10-11H,4-9H2,1H3,(H,15,16)(H,17,18)/b3-2+. The van der Waals surface area contributed by atoms with Gasteiger partial charge in [-0.15, -0.1) is 0 Å². The van der Waals surface area contributed by atoms with E-state index in [9.17, 15) is 9.59 Å². The van der Waals surface area contributed by atoms with Crippen LogP contribution in [0.5, 0.6) is 0 Å². The Labute approximate surface area is 107 Å². The second-order valence-electron chi connectivity index (χ2n) is 5.53. The molecule has 18 heavy (non-hydrogen) atoms. The molecular weight excluding hydrogens is 230 g/mol. The number of rotatable bonds is 5. The van der Waals surface area contributed by atoms with Crippen molar-refractivity contribution < 1.29 is 14.7 Å². The van der Waals surface area contributed by atoms with Crippen molar-refractivity contribution in [2.75, 3.05) is 0 Å². The van der Waals surface area contributed by atoms with E-state index in [0.717, 1.165) is 19.3 Å². The van der Waals surface area contributed by atoms with Gasteiger partial charge in [0.2, 0.25) is 5.91 Å². The third-order valence-electron chi connectivity index (χ3n) is 4.33. The molecule has 2 atom stereocenters. The fourth-order valence-corrected chi connectivity index (χ4v) is 3.12. The quantitative estimate of drug-likeness (QED) is 0.735. The number of nitrogens with one attached hydrogen (secondary N) is 1. The molecule has 2 unspecified atom stereocenters. The Bertz CT molecular complexity index is 369. The van der Waals surface area contributed by atoms with Gasteiger partial charge in [-0.05, 0) is 38.0 Å². The summed E-state index contributed by atoms with van der Waals surface area (Å²) in [5.74, 6) is -0.955. The van der Waals surface area contributed by atoms with Crippen molar-refractivity contribution in [3.63, 3.8) is 0 Å². The van der Waals surface area contributed by atoms with Crippen molar-refractivity contribution in [1.29, 1.82) is 0 Å². The number of carbonyl (C=O) groups excluding carboxylic acids is 1. The Balaban J connectivity index is 1.88. The van der Waals surface area contributed by atoms with Gasteiger partial charge in [-0.2, -0.15) is 0 Å². The summed E-state index contributed by atoms with van der Waals surface area (Å²) in [4.78, 5) is 23.1. The Hall–Kier alpha value is -1.32. The monoisotopic (exact) mass is 251 g/mol. The highest BCUT2D eigenvalue weighted by molar-refractivity contribution is 5.87. The highest BCUT2D eigenvalue weighted by Gasteiger charge is 2.58. The van der Waals surface area contributed by atoms with Crippen LogP contribution in [0.1, 0.15) is 45.4 Å². The lowest BCUT2D eigenvalue weighted by atomic mass is 10.0. The van der Waals surface area contributed by atoms with Crippen LogP contribution in [-0.2, 0) is 9.59 Å². The number of aliphatic carboxylic acids is 1. The Morgan fingerprint density at radius 2 is 2.11 bits per heavy atom. The Kier molecular flexibility index (Phi) is 3.73. The molecule has 0 heterocycles. The largest absolute Gasteiger partial charge is 0.480 e. The minimum absolute atomic E-state index is 0.0613. The van der Waals surface area contributed by atoms with E-state index in [4.69, 9.17) is 5.11 Å². The predicted octanol–water partition coefficient (Wildman–Crippen LogP) is 2.10. The first-order valence-electron chi connectivity index (χ1n) is 6.73. The summed E-state index contributed by atoms with van der Waals surface area (Å²) in [7, 11) is 0. The van der Waals surface area contributed by atoms with Crippen LogP contribution in [0.25, 0.3) is 0 Å². The van der Waals surface area contributed by atoms with E-state index in [1.807, 2.05) is 6.92 Å². The third-order valence-corrected chi connectivity index (χ3v) is 4.33. The topological polar surface area (TPSA) is 66.4 Å². The predicted molar refractivity (Wildman–Crippen MR) is 68.0 cm³/mol. The van der Waals surface area contributed by atoms with Gasteiger partial charge in [-0.1, -0.05) is 25.0 Å². The van der Waals surface area contributed by atoms with E-state index in [1.54, 1.807) is 12.2 Å². The summed E-state index contributed by atoms with van der Waals surface area (Å²) < 4.78 is 0. The van der Waals surface area contributed by atoms with E-state index in [0.29, 0.717) is 6.42 Å². The zero-order valence-corrected chi connectivity index (χ0v) is 10.8. The summed E-state index contributed by atoms with van der Waals surface area (Å²) in [6.07, 6.45) is 9.59. The molecule has 1 spiro atoms. The highest BCUT2D eigenvalue weighted by Crippen LogP contribution is 2.62. The van der Waals surface area contributed by atoms with E-state index in [-0.39, 0.29) is 17.2 Å². The second kappa shape index (κ2) is 5.12. The third kappa shape index (κ3) is 2.57. The number of carboxylic acid groups (broad SMARTS) is 1. The Morgan fingerprint density at radius 3 is 2.67 bits per heavy atom. The van der Waals surface area contributed by atoms with Gasteiger partial charge in [0.15, 0.2) is 0 Å². The molecule has 0 aromatic rings. The number of carbonyl (C=O) groups is 2. The summed E-state index contributed by atoms with van der Waals surface area (Å²) in [6.45, 7) is 1.84. The van der Waals surface area contributed by atoms with Crippen LogP contribution in [0.2, 0.25) is 0 Å². The van der Waals surface area contributed by atoms with Gasteiger partial charge in [0.1, 0.15) is 6.04 Å². The van der Waals surface area contributed by atoms with Crippen LogP contribution < -0.4 is 5.32 Å². The van der Waals surface area contributed by atoms with E-state index >= 15 is 0 Å². The molecule has 2 saturated carbocycles. The molecule has 4 heteroatoms. The molecular formula is C14H21NO3. The second-order valence-corrected chi connectivity index (χ2v) is 5.53. The maximum absolute atomic E-state index is 12.0. The van der Waals surface area contributed by atoms with Gasteiger partial charge in [0.25, 0.3) is 0 Å². The summed E-state index contributed by atoms with van der Waals surface area (Å²) in [5.41, 5.74) is 0.230. The molecule has 0 aromatic heterocycles. The zero-order chi connectivity index (χ0) is 13.2. The zero-order valence-electron chi connectivity index (χ0n) is 10.8. The number of hydrogen-bond donors (Lipinski definition) is 2. The van der Waals surface area contributed by atoms with Crippen molar-refractivity contribution in [1.82, 2.24) is 5.32 Å². The molecule has 0 aliphatic heterocycles. The first kappa shape index (κ1) is 13.1. The SMILES string of the molecule is C/C=C/CC(NC(=O)C1CC12CCCC2)C(=O)O. The van der Waals surface area contributed by atoms with Gasteiger partial charge in [-0.25, -0.2) is 4.79 Å². The van der Waals surface area contributed by atoms with Crippen LogP contribution >= 0.6 is 0 Å². The van der Waals surface area contributed by atoms with Gasteiger partial charge < -0.3 is 10.4 Å². The molecule has 2 N–H and O–H groups in total. The number of amides is 1. The van der Waals surface area contributed by atoms with Gasteiger partial charge in [0, 0.05) is 5.92 Å². The first-order valence-corrected chi connectivity index (χ1v) is 6.73. The van der Waals surface area contributed by atoms with Crippen molar-refractivity contribution in [3.8, 4) is 0 Å². The number of hydrogen-bond acceptors (Lipinski definition) is 2. The van der Waals surface area contributed by atoms with Crippen LogP contribution in [0, 0.1) is 11.3 Å². The van der Waals surface area contributed by atoms with Crippen LogP contribution in [-0.4, -0.2) is 23.0 Å². The average Bonchev–Trinajstić information content (AvgIpc) is 2.82. The maximum atomic E-state index is 12.0. The fraction of sp³-hybridized carbons (Fsp3) is 0.714. The van der Waals surface area contributed by atoms with Gasteiger partial charge in [-0.3, -0.25) is 4.79 Å². The molecule has 4 nitrogen and oxygen atoms in total. The summed E-state index contributed by atoms with van der Waals surface area (Å²) in [6, 6.07) is -0.784. The molecule has 1 amide bonds. The number of allylic oxidation sites excluding steroid dienone is 1. The minimum Gasteiger partial charge on any atom is -0.480 e. The van der Waals surface area contributed by atoms with Crippen molar-refractivity contribution in [3.05, 3.63) is 12.2 Å². The van der Waals surface area contributed by atoms with Crippen molar-refractivity contribution in [2.45, 2.75) is 51.5 Å². The van der Waals surface area contributed by atoms with Crippen LogP contribution in [0.4, 0.5) is 0 Å². The van der Waals surface area contributed by atoms with E-state index in [2.05, 4.69) is 5.32 Å². The minimum atomic E-state index is -0.956. The molecule has 100 valence electrons. The van der Waals surface area contributed by atoms with Crippen molar-refractivity contribution in [2.24, 2.45) is 11.3 Å². The summed E-state index contributed by atoms with van der Waals surface area (Å²) in [5, 5.41) is 11.7. The average molecular weight is 251 g/mol. The molecule has 0 aromatic carbocycles. The molecule has 2 aliphatic rings. The van der Waals surface area contributed by atoms with Crippen LogP contribution in [0.3, 0.4) is 0 Å². The molecule has 2 fully saturated rings. The molecule has 0 bridgehead atoms. The van der Waals surface area contributed by atoms with Crippen molar-refractivity contribution >= 4 is 11.9 Å². The smallest absolute Gasteiger partial charge is 0.326 e. The molecule has 2 rings (SSSR count). The fourth-order valence-electron chi connectivity index (χ4n) is 3.12. The van der Waals surface area contributed by atoms with E-state index in [1.165, 1.54) is 12.8 Å². The highest BCUT2D eigenvalue weighted by atomic mass is 16.4. The number of carboxylic acids is 1. The molecule has 2 aliphatic carbocycles. The molecule has 0 saturated heterocycles. The Morgan fingerprint density at radius 1 is 1.44 bits per heavy atom. The maximum Gasteiger partial charge on any atom is 0.326 e. The summed E-state index contributed by atoms with van der Waals surface area (Å²) >= 11 is 0.